The van der Waals surface area contributed by atoms with E-state index >= 15 is 0 Å². The number of sulfonamides is 1. The molecule has 8 nitrogen and oxygen atoms in total. The summed E-state index contributed by atoms with van der Waals surface area (Å²) in [4.78, 5) is 23.5. The van der Waals surface area contributed by atoms with E-state index in [1.165, 1.54) is 31.3 Å². The summed E-state index contributed by atoms with van der Waals surface area (Å²) in [6, 6.07) is 5.23. The van der Waals surface area contributed by atoms with Crippen LogP contribution in [0.1, 0.15) is 30.6 Å². The standard InChI is InChI=1S/C16H24N2O6S/c1-12(2)23-10-4-9-18-15(19)11-24-16(20)13-5-7-14(8-6-13)25(21,22)17-3/h5-8,12,17H,4,9-11H2,1-3H3,(H,18,19). The Bertz CT molecular complexity index is 670. The van der Waals surface area contributed by atoms with Crippen molar-refractivity contribution in [2.75, 3.05) is 26.8 Å². The minimum Gasteiger partial charge on any atom is -0.452 e. The summed E-state index contributed by atoms with van der Waals surface area (Å²) < 4.78 is 35.6. The van der Waals surface area contributed by atoms with Gasteiger partial charge in [-0.25, -0.2) is 17.9 Å². The Kier molecular flexibility index (Phi) is 8.53. The molecule has 0 radical (unpaired) electrons. The Balaban J connectivity index is 2.38. The van der Waals surface area contributed by atoms with Gasteiger partial charge in [0.15, 0.2) is 6.61 Å². The number of hydrogen-bond donors (Lipinski definition) is 2. The number of esters is 1. The molecule has 0 saturated carbocycles. The summed E-state index contributed by atoms with van der Waals surface area (Å²) in [5, 5.41) is 2.62. The Labute approximate surface area is 147 Å². The first-order chi connectivity index (χ1) is 11.8. The summed E-state index contributed by atoms with van der Waals surface area (Å²) in [6.07, 6.45) is 0.811. The van der Waals surface area contributed by atoms with Gasteiger partial charge in [-0.2, -0.15) is 0 Å². The van der Waals surface area contributed by atoms with Crippen LogP contribution in [-0.2, 0) is 24.3 Å². The Morgan fingerprint density at radius 2 is 1.80 bits per heavy atom. The molecule has 0 aliphatic heterocycles. The van der Waals surface area contributed by atoms with Gasteiger partial charge in [-0.1, -0.05) is 0 Å². The highest BCUT2D eigenvalue weighted by atomic mass is 32.2. The van der Waals surface area contributed by atoms with E-state index < -0.39 is 28.5 Å². The Morgan fingerprint density at radius 1 is 1.16 bits per heavy atom. The second-order valence-corrected chi connectivity index (χ2v) is 7.32. The molecule has 140 valence electrons. The minimum absolute atomic E-state index is 0.0351. The van der Waals surface area contributed by atoms with Gasteiger partial charge in [0.2, 0.25) is 10.0 Å². The fraction of sp³-hybridized carbons (Fsp3) is 0.500. The van der Waals surface area contributed by atoms with E-state index in [4.69, 9.17) is 9.47 Å². The number of amides is 1. The van der Waals surface area contributed by atoms with Crippen LogP contribution in [0.5, 0.6) is 0 Å². The zero-order valence-corrected chi connectivity index (χ0v) is 15.4. The third-order valence-electron chi connectivity index (χ3n) is 3.10. The number of ether oxygens (including phenoxy) is 2. The van der Waals surface area contributed by atoms with E-state index in [9.17, 15) is 18.0 Å². The first-order valence-corrected chi connectivity index (χ1v) is 9.33. The van der Waals surface area contributed by atoms with Crippen molar-refractivity contribution < 1.29 is 27.5 Å². The second-order valence-electron chi connectivity index (χ2n) is 5.43. The molecule has 0 aliphatic rings. The van der Waals surface area contributed by atoms with Crippen molar-refractivity contribution in [3.05, 3.63) is 29.8 Å². The summed E-state index contributed by atoms with van der Waals surface area (Å²) in [5.74, 6) is -1.11. The van der Waals surface area contributed by atoms with Gasteiger partial charge >= 0.3 is 5.97 Å². The van der Waals surface area contributed by atoms with Crippen LogP contribution in [0.25, 0.3) is 0 Å². The molecule has 0 heterocycles. The summed E-state index contributed by atoms with van der Waals surface area (Å²) in [6.45, 7) is 4.43. The van der Waals surface area contributed by atoms with Crippen LogP contribution < -0.4 is 10.0 Å². The van der Waals surface area contributed by atoms with Crippen molar-refractivity contribution in [2.24, 2.45) is 0 Å². The average molecular weight is 372 g/mol. The van der Waals surface area contributed by atoms with Crippen molar-refractivity contribution in [1.82, 2.24) is 10.0 Å². The van der Waals surface area contributed by atoms with Gasteiger partial charge in [0, 0.05) is 13.2 Å². The van der Waals surface area contributed by atoms with Crippen molar-refractivity contribution >= 4 is 21.9 Å². The average Bonchev–Trinajstić information content (AvgIpc) is 2.59. The lowest BCUT2D eigenvalue weighted by Crippen LogP contribution is -2.30. The molecule has 0 spiro atoms. The van der Waals surface area contributed by atoms with Gasteiger partial charge in [0.25, 0.3) is 5.91 Å². The SMILES string of the molecule is CNS(=O)(=O)c1ccc(C(=O)OCC(=O)NCCCOC(C)C)cc1. The van der Waals surface area contributed by atoms with Crippen molar-refractivity contribution in [1.29, 1.82) is 0 Å². The number of rotatable bonds is 10. The highest BCUT2D eigenvalue weighted by molar-refractivity contribution is 7.89. The second kappa shape index (κ2) is 10.1. The van der Waals surface area contributed by atoms with Gasteiger partial charge in [-0.15, -0.1) is 0 Å². The molecule has 0 bridgehead atoms. The van der Waals surface area contributed by atoms with Crippen LogP contribution in [0.2, 0.25) is 0 Å². The van der Waals surface area contributed by atoms with Gasteiger partial charge < -0.3 is 14.8 Å². The van der Waals surface area contributed by atoms with Gasteiger partial charge in [0.05, 0.1) is 16.6 Å². The van der Waals surface area contributed by atoms with E-state index in [0.29, 0.717) is 19.6 Å². The van der Waals surface area contributed by atoms with Gasteiger partial charge in [-0.05, 0) is 51.6 Å². The molecular formula is C16H24N2O6S. The van der Waals surface area contributed by atoms with Crippen LogP contribution in [-0.4, -0.2) is 53.2 Å². The van der Waals surface area contributed by atoms with Crippen molar-refractivity contribution in [3.8, 4) is 0 Å². The number of carbonyl (C=O) groups is 2. The maximum Gasteiger partial charge on any atom is 0.338 e. The van der Waals surface area contributed by atoms with Crippen LogP contribution in [0.3, 0.4) is 0 Å². The van der Waals surface area contributed by atoms with E-state index in [1.807, 2.05) is 13.8 Å². The van der Waals surface area contributed by atoms with E-state index in [-0.39, 0.29) is 16.6 Å². The molecule has 25 heavy (non-hydrogen) atoms. The molecule has 1 aromatic rings. The summed E-state index contributed by atoms with van der Waals surface area (Å²) in [5.41, 5.74) is 0.160. The molecule has 2 N–H and O–H groups in total. The zero-order chi connectivity index (χ0) is 18.9. The summed E-state index contributed by atoms with van der Waals surface area (Å²) >= 11 is 0. The maximum atomic E-state index is 11.8. The first-order valence-electron chi connectivity index (χ1n) is 7.85. The maximum absolute atomic E-state index is 11.8. The quantitative estimate of drug-likeness (QED) is 0.462. The van der Waals surface area contributed by atoms with Crippen molar-refractivity contribution in [2.45, 2.75) is 31.3 Å². The molecule has 9 heteroatoms. The third kappa shape index (κ3) is 7.63. The molecular weight excluding hydrogens is 348 g/mol. The number of carbonyl (C=O) groups excluding carboxylic acids is 2. The molecule has 0 unspecified atom stereocenters. The topological polar surface area (TPSA) is 111 Å². The number of nitrogens with one attached hydrogen (secondary N) is 2. The highest BCUT2D eigenvalue weighted by Crippen LogP contribution is 2.10. The third-order valence-corrected chi connectivity index (χ3v) is 4.53. The van der Waals surface area contributed by atoms with Crippen LogP contribution >= 0.6 is 0 Å². The first kappa shape index (κ1) is 21.1. The Morgan fingerprint density at radius 3 is 2.36 bits per heavy atom. The largest absolute Gasteiger partial charge is 0.452 e. The predicted molar refractivity (Wildman–Crippen MR) is 91.7 cm³/mol. The van der Waals surface area contributed by atoms with Crippen molar-refractivity contribution in [3.63, 3.8) is 0 Å². The summed E-state index contributed by atoms with van der Waals surface area (Å²) in [7, 11) is -2.27. The van der Waals surface area contributed by atoms with E-state index in [2.05, 4.69) is 10.0 Å². The molecule has 0 aliphatic carbocycles. The molecule has 1 aromatic carbocycles. The molecule has 0 fully saturated rings. The predicted octanol–water partition coefficient (Wildman–Crippen LogP) is 0.683. The van der Waals surface area contributed by atoms with E-state index in [1.54, 1.807) is 0 Å². The lowest BCUT2D eigenvalue weighted by atomic mass is 10.2. The molecule has 1 rings (SSSR count). The van der Waals surface area contributed by atoms with Crippen LogP contribution in [0.4, 0.5) is 0 Å². The minimum atomic E-state index is -3.56. The smallest absolute Gasteiger partial charge is 0.338 e. The van der Waals surface area contributed by atoms with Gasteiger partial charge in [-0.3, -0.25) is 4.79 Å². The number of hydrogen-bond acceptors (Lipinski definition) is 6. The molecule has 0 atom stereocenters. The van der Waals surface area contributed by atoms with Crippen LogP contribution in [0.15, 0.2) is 29.2 Å². The normalized spacial score (nSPS) is 11.4. The monoisotopic (exact) mass is 372 g/mol. The lowest BCUT2D eigenvalue weighted by molar-refractivity contribution is -0.124. The fourth-order valence-electron chi connectivity index (χ4n) is 1.77. The fourth-order valence-corrected chi connectivity index (χ4v) is 2.50. The lowest BCUT2D eigenvalue weighted by Gasteiger charge is -2.09. The zero-order valence-electron chi connectivity index (χ0n) is 14.6. The highest BCUT2D eigenvalue weighted by Gasteiger charge is 2.14. The Hall–Kier alpha value is -1.97. The van der Waals surface area contributed by atoms with E-state index in [0.717, 1.165) is 0 Å². The molecule has 1 amide bonds. The van der Waals surface area contributed by atoms with Gasteiger partial charge in [0.1, 0.15) is 0 Å². The number of benzene rings is 1. The van der Waals surface area contributed by atoms with Crippen LogP contribution in [0, 0.1) is 0 Å². The molecule has 0 aromatic heterocycles. The molecule has 0 saturated heterocycles.